The molecule has 0 aromatic carbocycles. The van der Waals surface area contributed by atoms with Crippen molar-refractivity contribution in [3.63, 3.8) is 0 Å². The molecule has 0 saturated carbocycles. The van der Waals surface area contributed by atoms with Gasteiger partial charge in [-0.3, -0.25) is 14.5 Å². The van der Waals surface area contributed by atoms with Crippen LogP contribution in [0, 0.1) is 17.2 Å². The molecular weight excluding hydrogens is 268 g/mol. The fraction of sp³-hybridized carbons (Fsp3) is 0.800. The number of hydrogen-bond donors (Lipinski definition) is 1. The largest absolute Gasteiger partial charge is 0.342 e. The Bertz CT molecular complexity index is 430. The van der Waals surface area contributed by atoms with Crippen LogP contribution in [0.1, 0.15) is 34.1 Å². The molecule has 1 fully saturated rings. The summed E-state index contributed by atoms with van der Waals surface area (Å²) in [5, 5.41) is 12.1. The van der Waals surface area contributed by atoms with Crippen LogP contribution in [-0.4, -0.2) is 59.9 Å². The number of carbonyl (C=O) groups excluding carboxylic acids is 2. The van der Waals surface area contributed by atoms with E-state index < -0.39 is 5.54 Å². The Labute approximate surface area is 127 Å². The standard InChI is InChI=1S/C15H26N4O2/c1-12(2)15(4,11-16)17-14(21)10-18-6-5-7-19(9-8-18)13(3)20/h12H,5-10H2,1-4H3,(H,17,21). The summed E-state index contributed by atoms with van der Waals surface area (Å²) in [5.41, 5.74) is -0.839. The molecule has 1 heterocycles. The molecule has 0 bridgehead atoms. The molecule has 0 spiro atoms. The van der Waals surface area contributed by atoms with Gasteiger partial charge in [0.25, 0.3) is 0 Å². The number of amides is 2. The Morgan fingerprint density at radius 2 is 1.95 bits per heavy atom. The van der Waals surface area contributed by atoms with E-state index >= 15 is 0 Å². The Morgan fingerprint density at radius 3 is 2.48 bits per heavy atom. The van der Waals surface area contributed by atoms with Crippen molar-refractivity contribution in [2.45, 2.75) is 39.7 Å². The maximum absolute atomic E-state index is 12.1. The molecule has 1 N–H and O–H groups in total. The van der Waals surface area contributed by atoms with Crippen LogP contribution in [0.15, 0.2) is 0 Å². The number of nitrogens with zero attached hydrogens (tertiary/aromatic N) is 3. The second kappa shape index (κ2) is 7.41. The minimum absolute atomic E-state index is 0.0452. The smallest absolute Gasteiger partial charge is 0.235 e. The highest BCUT2D eigenvalue weighted by atomic mass is 16.2. The van der Waals surface area contributed by atoms with Crippen LogP contribution in [0.25, 0.3) is 0 Å². The van der Waals surface area contributed by atoms with Gasteiger partial charge in [-0.25, -0.2) is 0 Å². The fourth-order valence-electron chi connectivity index (χ4n) is 2.28. The minimum atomic E-state index is -0.839. The van der Waals surface area contributed by atoms with Crippen LogP contribution in [0.3, 0.4) is 0 Å². The minimum Gasteiger partial charge on any atom is -0.342 e. The van der Waals surface area contributed by atoms with E-state index in [1.54, 1.807) is 13.8 Å². The lowest BCUT2D eigenvalue weighted by Crippen LogP contribution is -2.52. The van der Waals surface area contributed by atoms with E-state index in [4.69, 9.17) is 0 Å². The van der Waals surface area contributed by atoms with Gasteiger partial charge in [-0.15, -0.1) is 0 Å². The maximum Gasteiger partial charge on any atom is 0.235 e. The van der Waals surface area contributed by atoms with Gasteiger partial charge >= 0.3 is 0 Å². The number of nitriles is 1. The van der Waals surface area contributed by atoms with Crippen molar-refractivity contribution in [2.24, 2.45) is 5.92 Å². The zero-order valence-electron chi connectivity index (χ0n) is 13.5. The number of hydrogen-bond acceptors (Lipinski definition) is 4. The van der Waals surface area contributed by atoms with Crippen LogP contribution in [0.4, 0.5) is 0 Å². The summed E-state index contributed by atoms with van der Waals surface area (Å²) in [6, 6.07) is 2.18. The van der Waals surface area contributed by atoms with Gasteiger partial charge < -0.3 is 10.2 Å². The van der Waals surface area contributed by atoms with E-state index in [1.165, 1.54) is 0 Å². The van der Waals surface area contributed by atoms with Gasteiger partial charge in [-0.05, 0) is 19.3 Å². The molecule has 1 aliphatic heterocycles. The summed E-state index contributed by atoms with van der Waals surface area (Å²) in [6.45, 7) is 10.3. The summed E-state index contributed by atoms with van der Waals surface area (Å²) in [7, 11) is 0. The Kier molecular flexibility index (Phi) is 6.16. The van der Waals surface area contributed by atoms with Gasteiger partial charge in [0.1, 0.15) is 5.54 Å². The topological polar surface area (TPSA) is 76.4 Å². The van der Waals surface area contributed by atoms with Crippen LogP contribution >= 0.6 is 0 Å². The lowest BCUT2D eigenvalue weighted by atomic mass is 9.90. The van der Waals surface area contributed by atoms with Gasteiger partial charge in [-0.2, -0.15) is 5.26 Å². The average molecular weight is 294 g/mol. The predicted molar refractivity (Wildman–Crippen MR) is 80.3 cm³/mol. The fourth-order valence-corrected chi connectivity index (χ4v) is 2.28. The van der Waals surface area contributed by atoms with Gasteiger partial charge in [-0.1, -0.05) is 13.8 Å². The SMILES string of the molecule is CC(=O)N1CCCN(CC(=O)NC(C)(C#N)C(C)C)CC1. The summed E-state index contributed by atoms with van der Waals surface area (Å²) in [5.74, 6) is -0.00835. The van der Waals surface area contributed by atoms with Crippen LogP contribution in [-0.2, 0) is 9.59 Å². The third-order valence-corrected chi connectivity index (χ3v) is 4.19. The molecule has 21 heavy (non-hydrogen) atoms. The first-order valence-corrected chi connectivity index (χ1v) is 7.48. The van der Waals surface area contributed by atoms with Crippen molar-refractivity contribution < 1.29 is 9.59 Å². The first-order valence-electron chi connectivity index (χ1n) is 7.48. The zero-order chi connectivity index (χ0) is 16.0. The highest BCUT2D eigenvalue weighted by Gasteiger charge is 2.30. The van der Waals surface area contributed by atoms with Crippen molar-refractivity contribution in [3.8, 4) is 6.07 Å². The molecule has 1 rings (SSSR count). The molecule has 0 aliphatic carbocycles. The lowest BCUT2D eigenvalue weighted by molar-refractivity contribution is -0.128. The van der Waals surface area contributed by atoms with Crippen LogP contribution in [0.5, 0.6) is 0 Å². The molecule has 6 heteroatoms. The molecule has 1 unspecified atom stereocenters. The molecular formula is C15H26N4O2. The summed E-state index contributed by atoms with van der Waals surface area (Å²) < 4.78 is 0. The van der Waals surface area contributed by atoms with E-state index in [9.17, 15) is 14.9 Å². The predicted octanol–water partition coefficient (Wildman–Crippen LogP) is 0.595. The van der Waals surface area contributed by atoms with Gasteiger partial charge in [0.2, 0.25) is 11.8 Å². The van der Waals surface area contributed by atoms with E-state index in [-0.39, 0.29) is 24.3 Å². The van der Waals surface area contributed by atoms with Crippen LogP contribution < -0.4 is 5.32 Å². The first kappa shape index (κ1) is 17.4. The van der Waals surface area contributed by atoms with Crippen molar-refractivity contribution >= 4 is 11.8 Å². The monoisotopic (exact) mass is 294 g/mol. The normalized spacial score (nSPS) is 19.5. The maximum atomic E-state index is 12.1. The molecule has 0 radical (unpaired) electrons. The number of nitrogens with one attached hydrogen (secondary N) is 1. The van der Waals surface area contributed by atoms with Crippen LogP contribution in [0.2, 0.25) is 0 Å². The van der Waals surface area contributed by atoms with E-state index in [2.05, 4.69) is 11.4 Å². The molecule has 118 valence electrons. The molecule has 1 atom stereocenters. The van der Waals surface area contributed by atoms with Crippen molar-refractivity contribution in [1.29, 1.82) is 5.26 Å². The molecule has 1 aliphatic rings. The molecule has 6 nitrogen and oxygen atoms in total. The van der Waals surface area contributed by atoms with Crippen molar-refractivity contribution in [1.82, 2.24) is 15.1 Å². The highest BCUT2D eigenvalue weighted by Crippen LogP contribution is 2.15. The second-order valence-corrected chi connectivity index (χ2v) is 6.15. The van der Waals surface area contributed by atoms with E-state index in [0.717, 1.165) is 19.5 Å². The van der Waals surface area contributed by atoms with Crippen molar-refractivity contribution in [2.75, 3.05) is 32.7 Å². The third-order valence-electron chi connectivity index (χ3n) is 4.19. The Hall–Kier alpha value is -1.61. The number of carbonyl (C=O) groups is 2. The first-order chi connectivity index (χ1) is 9.78. The summed E-state index contributed by atoms with van der Waals surface area (Å²) >= 11 is 0. The van der Waals surface area contributed by atoms with Gasteiger partial charge in [0, 0.05) is 33.1 Å². The lowest BCUT2D eigenvalue weighted by Gasteiger charge is -2.29. The molecule has 1 saturated heterocycles. The average Bonchev–Trinajstić information content (AvgIpc) is 2.63. The Balaban J connectivity index is 2.52. The third kappa shape index (κ3) is 5.01. The zero-order valence-corrected chi connectivity index (χ0v) is 13.5. The van der Waals surface area contributed by atoms with Gasteiger partial charge in [0.05, 0.1) is 12.6 Å². The molecule has 0 aromatic rings. The van der Waals surface area contributed by atoms with E-state index in [0.29, 0.717) is 13.1 Å². The van der Waals surface area contributed by atoms with Gasteiger partial charge in [0.15, 0.2) is 0 Å². The molecule has 2 amide bonds. The molecule has 0 aromatic heterocycles. The second-order valence-electron chi connectivity index (χ2n) is 6.15. The number of rotatable bonds is 4. The van der Waals surface area contributed by atoms with E-state index in [1.807, 2.05) is 23.6 Å². The summed E-state index contributed by atoms with van der Waals surface area (Å²) in [4.78, 5) is 27.4. The Morgan fingerprint density at radius 1 is 1.29 bits per heavy atom. The highest BCUT2D eigenvalue weighted by molar-refractivity contribution is 5.79. The van der Waals surface area contributed by atoms with Crippen molar-refractivity contribution in [3.05, 3.63) is 0 Å². The summed E-state index contributed by atoms with van der Waals surface area (Å²) in [6.07, 6.45) is 0.868. The quantitative estimate of drug-likeness (QED) is 0.823.